The number of guanidine groups is 1. The highest BCUT2D eigenvalue weighted by Gasteiger charge is 2.20. The van der Waals surface area contributed by atoms with Gasteiger partial charge in [0.25, 0.3) is 0 Å². The van der Waals surface area contributed by atoms with Crippen LogP contribution in [-0.4, -0.2) is 64.0 Å². The van der Waals surface area contributed by atoms with Crippen molar-refractivity contribution in [1.29, 1.82) is 0 Å². The molecule has 0 aromatic carbocycles. The Balaban J connectivity index is 0.00000341. The first kappa shape index (κ1) is 26.0. The number of likely N-dealkylation sites (tertiary alicyclic amines) is 1. The molecule has 0 unspecified atom stereocenters. The summed E-state index contributed by atoms with van der Waals surface area (Å²) in [5.74, 6) is 2.60. The van der Waals surface area contributed by atoms with Gasteiger partial charge in [0.05, 0.1) is 19.3 Å². The molecule has 0 saturated carbocycles. The van der Waals surface area contributed by atoms with Gasteiger partial charge < -0.3 is 24.8 Å². The summed E-state index contributed by atoms with van der Waals surface area (Å²) in [4.78, 5) is 8.57. The molecule has 8 nitrogen and oxygen atoms in total. The fraction of sp³-hybridized carbons (Fsp3) is 0.667. The molecule has 0 spiro atoms. The van der Waals surface area contributed by atoms with Crippen LogP contribution in [0.2, 0.25) is 0 Å². The largest absolute Gasteiger partial charge is 0.377 e. The molecule has 3 rings (SSSR count). The van der Waals surface area contributed by atoms with E-state index in [4.69, 9.17) is 9.73 Å². The van der Waals surface area contributed by atoms with Gasteiger partial charge in [-0.15, -0.1) is 45.5 Å². The Hall–Kier alpha value is -1.24. The number of nitrogens with zero attached hydrogens (tertiary/aromatic N) is 5. The van der Waals surface area contributed by atoms with Crippen molar-refractivity contribution >= 4 is 41.3 Å². The van der Waals surface area contributed by atoms with Gasteiger partial charge in [-0.2, -0.15) is 0 Å². The molecule has 0 aliphatic carbocycles. The van der Waals surface area contributed by atoms with Crippen LogP contribution in [0.3, 0.4) is 0 Å². The lowest BCUT2D eigenvalue weighted by Crippen LogP contribution is -2.49. The maximum Gasteiger partial charge on any atom is 0.192 e. The summed E-state index contributed by atoms with van der Waals surface area (Å²) in [5.41, 5.74) is 0. The second-order valence-electron chi connectivity index (χ2n) is 8.00. The van der Waals surface area contributed by atoms with Crippen molar-refractivity contribution in [3.05, 3.63) is 34.0 Å². The normalized spacial score (nSPS) is 15.8. The first-order valence-electron chi connectivity index (χ1n) is 10.8. The van der Waals surface area contributed by atoms with E-state index in [-0.39, 0.29) is 24.0 Å². The first-order valence-corrected chi connectivity index (χ1v) is 11.6. The highest BCUT2D eigenvalue weighted by Crippen LogP contribution is 2.11. The van der Waals surface area contributed by atoms with E-state index in [1.807, 2.05) is 18.5 Å². The topological polar surface area (TPSA) is 79.6 Å². The van der Waals surface area contributed by atoms with Crippen molar-refractivity contribution in [2.24, 2.45) is 12.0 Å². The summed E-state index contributed by atoms with van der Waals surface area (Å²) in [6.07, 6.45) is 2.50. The molecule has 1 aliphatic heterocycles. The van der Waals surface area contributed by atoms with Crippen molar-refractivity contribution in [2.75, 3.05) is 26.2 Å². The number of aryl methyl sites for hydroxylation is 1. The molecular weight excluding hydrogens is 525 g/mol. The molecular formula is C21H36IN7OS. The molecule has 0 radical (unpaired) electrons. The number of hydrogen-bond donors (Lipinski definition) is 2. The number of hydrogen-bond acceptors (Lipinski definition) is 6. The molecule has 10 heteroatoms. The number of nitrogens with one attached hydrogen (secondary N) is 2. The summed E-state index contributed by atoms with van der Waals surface area (Å²) in [6, 6.07) is 4.63. The molecule has 31 heavy (non-hydrogen) atoms. The van der Waals surface area contributed by atoms with Crippen LogP contribution in [-0.2, 0) is 24.9 Å². The maximum atomic E-state index is 5.69. The first-order chi connectivity index (χ1) is 14.5. The number of halogens is 1. The van der Waals surface area contributed by atoms with E-state index >= 15 is 0 Å². The van der Waals surface area contributed by atoms with E-state index in [2.05, 4.69) is 57.1 Å². The lowest BCUT2D eigenvalue weighted by molar-refractivity contribution is 0.0532. The molecule has 0 atom stereocenters. The predicted octanol–water partition coefficient (Wildman–Crippen LogP) is 2.93. The zero-order chi connectivity index (χ0) is 21.3. The molecule has 174 valence electrons. The Labute approximate surface area is 206 Å². The summed E-state index contributed by atoms with van der Waals surface area (Å²) in [7, 11) is 1.98. The van der Waals surface area contributed by atoms with Crippen LogP contribution in [0.25, 0.3) is 0 Å². The maximum absolute atomic E-state index is 5.69. The standard InChI is InChI=1S/C21H35N7OS.HI/c1-16(2)29-12-11-28-9-7-18(8-10-28)24-21(22-14-19-6-5-13-30-19)23-15-20-26-25-17(3)27(20)4;/h5-6,13,16,18H,7-12,14-15H2,1-4H3,(H2,22,23,24);1H. The number of piperidine rings is 1. The van der Waals surface area contributed by atoms with Gasteiger partial charge in [-0.1, -0.05) is 6.07 Å². The van der Waals surface area contributed by atoms with Gasteiger partial charge in [0.15, 0.2) is 11.8 Å². The van der Waals surface area contributed by atoms with Gasteiger partial charge in [0.2, 0.25) is 0 Å². The lowest BCUT2D eigenvalue weighted by Gasteiger charge is -2.33. The monoisotopic (exact) mass is 561 g/mol. The van der Waals surface area contributed by atoms with E-state index in [9.17, 15) is 0 Å². The fourth-order valence-electron chi connectivity index (χ4n) is 3.39. The molecule has 1 aliphatic rings. The average molecular weight is 562 g/mol. The summed E-state index contributed by atoms with van der Waals surface area (Å²) >= 11 is 1.75. The van der Waals surface area contributed by atoms with Crippen LogP contribution in [0.5, 0.6) is 0 Å². The molecule has 0 bridgehead atoms. The average Bonchev–Trinajstić information content (AvgIpc) is 3.36. The highest BCUT2D eigenvalue weighted by molar-refractivity contribution is 14.0. The SMILES string of the molecule is Cc1nnc(CN=C(NCc2cccs2)NC2CCN(CCOC(C)C)CC2)n1C.I. The Kier molecular flexibility index (Phi) is 11.2. The predicted molar refractivity (Wildman–Crippen MR) is 137 cm³/mol. The molecule has 1 fully saturated rings. The number of aromatic nitrogens is 3. The van der Waals surface area contributed by atoms with Crippen LogP contribution in [0, 0.1) is 6.92 Å². The van der Waals surface area contributed by atoms with Gasteiger partial charge in [0.1, 0.15) is 12.4 Å². The number of rotatable bonds is 9. The van der Waals surface area contributed by atoms with Gasteiger partial charge in [-0.3, -0.25) is 0 Å². The van der Waals surface area contributed by atoms with Gasteiger partial charge in [-0.25, -0.2) is 4.99 Å². The fourth-order valence-corrected chi connectivity index (χ4v) is 4.03. The number of ether oxygens (including phenoxy) is 1. The van der Waals surface area contributed by atoms with E-state index in [0.29, 0.717) is 18.7 Å². The molecule has 2 aromatic heterocycles. The third-order valence-corrected chi connectivity index (χ3v) is 6.23. The van der Waals surface area contributed by atoms with Crippen LogP contribution >= 0.6 is 35.3 Å². The van der Waals surface area contributed by atoms with E-state index in [1.54, 1.807) is 11.3 Å². The van der Waals surface area contributed by atoms with E-state index < -0.39 is 0 Å². The second-order valence-corrected chi connectivity index (χ2v) is 9.03. The van der Waals surface area contributed by atoms with Crippen molar-refractivity contribution in [2.45, 2.75) is 58.8 Å². The molecule has 2 aromatic rings. The lowest BCUT2D eigenvalue weighted by atomic mass is 10.1. The minimum Gasteiger partial charge on any atom is -0.377 e. The molecule has 2 N–H and O–H groups in total. The van der Waals surface area contributed by atoms with Crippen LogP contribution in [0.1, 0.15) is 43.2 Å². The Bertz CT molecular complexity index is 786. The van der Waals surface area contributed by atoms with Gasteiger partial charge >= 0.3 is 0 Å². The number of aliphatic imine (C=N–C) groups is 1. The summed E-state index contributed by atoms with van der Waals surface area (Å²) < 4.78 is 7.67. The minimum absolute atomic E-state index is 0. The van der Waals surface area contributed by atoms with Crippen molar-refractivity contribution in [3.63, 3.8) is 0 Å². The number of thiophene rings is 1. The molecule has 0 amide bonds. The van der Waals surface area contributed by atoms with E-state index in [1.165, 1.54) is 4.88 Å². The van der Waals surface area contributed by atoms with Crippen LogP contribution < -0.4 is 10.6 Å². The summed E-state index contributed by atoms with van der Waals surface area (Å²) in [6.45, 7) is 11.4. The van der Waals surface area contributed by atoms with Gasteiger partial charge in [0, 0.05) is 37.6 Å². The van der Waals surface area contributed by atoms with Crippen molar-refractivity contribution in [1.82, 2.24) is 30.3 Å². The zero-order valence-corrected chi connectivity index (χ0v) is 22.2. The minimum atomic E-state index is 0. The third-order valence-electron chi connectivity index (χ3n) is 5.36. The van der Waals surface area contributed by atoms with Crippen molar-refractivity contribution < 1.29 is 4.74 Å². The van der Waals surface area contributed by atoms with E-state index in [0.717, 1.165) is 63.2 Å². The van der Waals surface area contributed by atoms with Crippen LogP contribution in [0.15, 0.2) is 22.5 Å². The third kappa shape index (κ3) is 8.66. The van der Waals surface area contributed by atoms with Gasteiger partial charge in [-0.05, 0) is 45.1 Å². The second kappa shape index (κ2) is 13.3. The van der Waals surface area contributed by atoms with Crippen LogP contribution in [0.4, 0.5) is 0 Å². The highest BCUT2D eigenvalue weighted by atomic mass is 127. The Morgan fingerprint density at radius 1 is 1.32 bits per heavy atom. The smallest absolute Gasteiger partial charge is 0.192 e. The zero-order valence-electron chi connectivity index (χ0n) is 19.0. The summed E-state index contributed by atoms with van der Waals surface area (Å²) in [5, 5.41) is 17.6. The quantitative estimate of drug-likeness (QED) is 0.279. The molecule has 1 saturated heterocycles. The van der Waals surface area contributed by atoms with Crippen molar-refractivity contribution in [3.8, 4) is 0 Å². The Morgan fingerprint density at radius 3 is 2.71 bits per heavy atom. The molecule has 3 heterocycles. The Morgan fingerprint density at radius 2 is 2.10 bits per heavy atom.